The van der Waals surface area contributed by atoms with Gasteiger partial charge < -0.3 is 14.6 Å². The number of hydrogen-bond donors (Lipinski definition) is 0. The maximum absolute atomic E-state index is 12.7. The van der Waals surface area contributed by atoms with E-state index in [2.05, 4.69) is 25.8 Å². The van der Waals surface area contributed by atoms with Gasteiger partial charge in [0.2, 0.25) is 0 Å². The lowest BCUT2D eigenvalue weighted by Gasteiger charge is -2.21. The first-order valence-electron chi connectivity index (χ1n) is 8.73. The molecular weight excluding hydrogens is 343 g/mol. The van der Waals surface area contributed by atoms with E-state index in [9.17, 15) is 18.0 Å². The monoisotopic (exact) mass is 371 g/mol. The Balaban J connectivity index is 0.000000660. The Labute approximate surface area is 154 Å². The topological polar surface area (TPSA) is 47.3 Å². The standard InChI is InChI=1S/C12H11F3N2O.C7H17N/c1-2-17(5-6-18)10-4-3-9(8-16)11(7-10)12(13,14)15;1-4-6-8(3)7-5-2/h3-4,6-7H,2,5H2,1H3;4-7H2,1-3H3. The van der Waals surface area contributed by atoms with Gasteiger partial charge in [0.05, 0.1) is 23.7 Å². The molecule has 0 aromatic heterocycles. The predicted molar refractivity (Wildman–Crippen MR) is 98.2 cm³/mol. The molecule has 0 fully saturated rings. The molecule has 0 heterocycles. The van der Waals surface area contributed by atoms with Crippen LogP contribution in [0.25, 0.3) is 0 Å². The minimum atomic E-state index is -4.58. The van der Waals surface area contributed by atoms with Gasteiger partial charge in [-0.1, -0.05) is 13.8 Å². The van der Waals surface area contributed by atoms with Crippen molar-refractivity contribution < 1.29 is 18.0 Å². The second-order valence-electron chi connectivity index (χ2n) is 5.85. The number of nitrogens with zero attached hydrogens (tertiary/aromatic N) is 3. The van der Waals surface area contributed by atoms with Crippen LogP contribution in [-0.2, 0) is 11.0 Å². The fraction of sp³-hybridized carbons (Fsp3) is 0.579. The van der Waals surface area contributed by atoms with E-state index in [1.165, 1.54) is 43.0 Å². The van der Waals surface area contributed by atoms with Gasteiger partial charge in [-0.25, -0.2) is 0 Å². The van der Waals surface area contributed by atoms with Crippen molar-refractivity contribution in [3.8, 4) is 6.07 Å². The summed E-state index contributed by atoms with van der Waals surface area (Å²) < 4.78 is 38.2. The number of benzene rings is 1. The van der Waals surface area contributed by atoms with Crippen molar-refractivity contribution in [1.29, 1.82) is 5.26 Å². The molecule has 0 unspecified atom stereocenters. The summed E-state index contributed by atoms with van der Waals surface area (Å²) in [6, 6.07) is 4.92. The molecule has 0 N–H and O–H groups in total. The number of carbonyl (C=O) groups excluding carboxylic acids is 1. The molecule has 7 heteroatoms. The third-order valence-corrected chi connectivity index (χ3v) is 3.68. The van der Waals surface area contributed by atoms with Gasteiger partial charge in [-0.05, 0) is 58.1 Å². The van der Waals surface area contributed by atoms with Crippen LogP contribution in [0.15, 0.2) is 18.2 Å². The van der Waals surface area contributed by atoms with Gasteiger partial charge in [0.25, 0.3) is 0 Å². The fourth-order valence-electron chi connectivity index (χ4n) is 2.44. The summed E-state index contributed by atoms with van der Waals surface area (Å²) in [4.78, 5) is 14.3. The van der Waals surface area contributed by atoms with E-state index in [-0.39, 0.29) is 12.2 Å². The Morgan fingerprint density at radius 2 is 1.73 bits per heavy atom. The van der Waals surface area contributed by atoms with Gasteiger partial charge >= 0.3 is 6.18 Å². The number of hydrogen-bond acceptors (Lipinski definition) is 4. The highest BCUT2D eigenvalue weighted by Crippen LogP contribution is 2.34. The summed E-state index contributed by atoms with van der Waals surface area (Å²) in [5.41, 5.74) is -1.13. The molecule has 0 amide bonds. The Morgan fingerprint density at radius 1 is 1.15 bits per heavy atom. The molecule has 1 aromatic rings. The molecule has 0 radical (unpaired) electrons. The molecule has 0 spiro atoms. The highest BCUT2D eigenvalue weighted by atomic mass is 19.4. The fourth-order valence-corrected chi connectivity index (χ4v) is 2.44. The third kappa shape index (κ3) is 8.34. The van der Waals surface area contributed by atoms with Crippen LogP contribution in [0.1, 0.15) is 44.7 Å². The van der Waals surface area contributed by atoms with E-state index in [0.717, 1.165) is 12.1 Å². The number of carbonyl (C=O) groups is 1. The first kappa shape index (κ1) is 23.9. The van der Waals surface area contributed by atoms with Crippen molar-refractivity contribution in [3.63, 3.8) is 0 Å². The highest BCUT2D eigenvalue weighted by Gasteiger charge is 2.34. The van der Waals surface area contributed by atoms with E-state index in [0.29, 0.717) is 12.8 Å². The molecule has 0 bridgehead atoms. The molecular formula is C19H28F3N3O. The zero-order valence-electron chi connectivity index (χ0n) is 15.9. The van der Waals surface area contributed by atoms with Crippen molar-refractivity contribution in [2.24, 2.45) is 0 Å². The van der Waals surface area contributed by atoms with E-state index >= 15 is 0 Å². The maximum atomic E-state index is 12.7. The molecule has 1 rings (SSSR count). The molecule has 26 heavy (non-hydrogen) atoms. The second-order valence-corrected chi connectivity index (χ2v) is 5.85. The van der Waals surface area contributed by atoms with Crippen molar-refractivity contribution in [3.05, 3.63) is 29.3 Å². The zero-order chi connectivity index (χ0) is 20.2. The largest absolute Gasteiger partial charge is 0.417 e. The third-order valence-electron chi connectivity index (χ3n) is 3.68. The lowest BCUT2D eigenvalue weighted by molar-refractivity contribution is -0.137. The van der Waals surface area contributed by atoms with Crippen LogP contribution >= 0.6 is 0 Å². The summed E-state index contributed by atoms with van der Waals surface area (Å²) in [6.45, 7) is 9.07. The Morgan fingerprint density at radius 3 is 2.12 bits per heavy atom. The smallest absolute Gasteiger partial charge is 0.365 e. The number of aldehydes is 1. The van der Waals surface area contributed by atoms with Crippen LogP contribution in [0, 0.1) is 11.3 Å². The summed E-state index contributed by atoms with van der Waals surface area (Å²) in [7, 11) is 2.17. The van der Waals surface area contributed by atoms with Crippen LogP contribution in [0.5, 0.6) is 0 Å². The summed E-state index contributed by atoms with van der Waals surface area (Å²) >= 11 is 0. The van der Waals surface area contributed by atoms with Crippen LogP contribution in [-0.4, -0.2) is 44.4 Å². The van der Waals surface area contributed by atoms with Gasteiger partial charge in [0, 0.05) is 12.2 Å². The number of rotatable bonds is 8. The van der Waals surface area contributed by atoms with Crippen LogP contribution in [0.2, 0.25) is 0 Å². The van der Waals surface area contributed by atoms with E-state index in [4.69, 9.17) is 5.26 Å². The van der Waals surface area contributed by atoms with Crippen LogP contribution in [0.3, 0.4) is 0 Å². The quantitative estimate of drug-likeness (QED) is 0.638. The Hall–Kier alpha value is -2.07. The summed E-state index contributed by atoms with van der Waals surface area (Å²) in [5.74, 6) is 0. The molecule has 0 aliphatic carbocycles. The molecule has 0 aliphatic heterocycles. The lowest BCUT2D eigenvalue weighted by Crippen LogP contribution is -2.25. The van der Waals surface area contributed by atoms with Gasteiger partial charge in [-0.2, -0.15) is 18.4 Å². The molecule has 146 valence electrons. The van der Waals surface area contributed by atoms with Gasteiger partial charge in [-0.3, -0.25) is 0 Å². The minimum Gasteiger partial charge on any atom is -0.365 e. The number of anilines is 1. The zero-order valence-corrected chi connectivity index (χ0v) is 15.9. The molecule has 4 nitrogen and oxygen atoms in total. The predicted octanol–water partition coefficient (Wildman–Crippen LogP) is 4.34. The number of alkyl halides is 3. The number of halogens is 3. The van der Waals surface area contributed by atoms with Gasteiger partial charge in [0.1, 0.15) is 6.29 Å². The van der Waals surface area contributed by atoms with E-state index in [1.54, 1.807) is 6.92 Å². The first-order chi connectivity index (χ1) is 12.2. The average molecular weight is 371 g/mol. The van der Waals surface area contributed by atoms with Crippen molar-refractivity contribution in [2.45, 2.75) is 39.8 Å². The Bertz CT molecular complexity index is 576. The Kier molecular flexibility index (Phi) is 11.3. The molecule has 1 aromatic carbocycles. The number of nitriles is 1. The minimum absolute atomic E-state index is 0.0136. The van der Waals surface area contributed by atoms with Gasteiger partial charge in [-0.15, -0.1) is 0 Å². The summed E-state index contributed by atoms with van der Waals surface area (Å²) in [6.07, 6.45) is -1.41. The maximum Gasteiger partial charge on any atom is 0.417 e. The molecule has 0 saturated heterocycles. The summed E-state index contributed by atoms with van der Waals surface area (Å²) in [5, 5.41) is 8.65. The molecule has 0 saturated carbocycles. The normalized spacial score (nSPS) is 10.7. The van der Waals surface area contributed by atoms with Crippen molar-refractivity contribution >= 4 is 12.0 Å². The van der Waals surface area contributed by atoms with Crippen LogP contribution < -0.4 is 4.90 Å². The first-order valence-corrected chi connectivity index (χ1v) is 8.73. The van der Waals surface area contributed by atoms with E-state index in [1.807, 2.05) is 0 Å². The van der Waals surface area contributed by atoms with Crippen molar-refractivity contribution in [1.82, 2.24) is 4.90 Å². The van der Waals surface area contributed by atoms with Crippen LogP contribution in [0.4, 0.5) is 18.9 Å². The number of likely N-dealkylation sites (N-methyl/N-ethyl adjacent to an activating group) is 1. The molecule has 0 aliphatic rings. The average Bonchev–Trinajstić information content (AvgIpc) is 2.59. The van der Waals surface area contributed by atoms with Gasteiger partial charge in [0.15, 0.2) is 0 Å². The second kappa shape index (κ2) is 12.3. The highest BCUT2D eigenvalue weighted by molar-refractivity contribution is 5.63. The SMILES string of the molecule is CCCN(C)CCC.CCN(CC=O)c1ccc(C#N)c(C(F)(F)F)c1. The van der Waals surface area contributed by atoms with E-state index < -0.39 is 17.3 Å². The molecule has 0 atom stereocenters. The van der Waals surface area contributed by atoms with Crippen molar-refractivity contribution in [2.75, 3.05) is 38.1 Å². The lowest BCUT2D eigenvalue weighted by atomic mass is 10.1.